The molecule has 1 saturated heterocycles. The van der Waals surface area contributed by atoms with Crippen LogP contribution in [0.2, 0.25) is 0 Å². The molecule has 0 unspecified atom stereocenters. The van der Waals surface area contributed by atoms with Crippen molar-refractivity contribution in [2.75, 3.05) is 13.2 Å². The molecule has 1 heterocycles. The molecule has 1 aliphatic heterocycles. The van der Waals surface area contributed by atoms with Crippen LogP contribution in [0.1, 0.15) is 6.42 Å². The molecule has 1 fully saturated rings. The van der Waals surface area contributed by atoms with Gasteiger partial charge < -0.3 is 15.0 Å². The third-order valence-corrected chi connectivity index (χ3v) is 1.24. The molecule has 0 N–H and O–H groups in total. The molecule has 0 spiro atoms. The fourth-order valence-corrected chi connectivity index (χ4v) is 0.770. The maximum absolute atomic E-state index is 10.8. The van der Waals surface area contributed by atoms with E-state index in [1.54, 1.807) is 0 Å². The van der Waals surface area contributed by atoms with E-state index in [2.05, 4.69) is 4.79 Å². The van der Waals surface area contributed by atoms with Gasteiger partial charge in [0.2, 0.25) is 6.29 Å². The Kier molecular flexibility index (Phi) is 2.92. The van der Waals surface area contributed by atoms with Crippen LogP contribution in [0.15, 0.2) is 0 Å². The van der Waals surface area contributed by atoms with E-state index < -0.39 is 12.1 Å². The van der Waals surface area contributed by atoms with Crippen LogP contribution in [-0.4, -0.2) is 36.3 Å². The average molecular weight is 156 g/mol. The maximum Gasteiger partial charge on any atom is 0.328 e. The first kappa shape index (κ1) is 8.07. The van der Waals surface area contributed by atoms with Gasteiger partial charge in [0.1, 0.15) is 0 Å². The molecule has 5 nitrogen and oxygen atoms in total. The summed E-state index contributed by atoms with van der Waals surface area (Å²) in [6.45, 7) is 1.02. The summed E-state index contributed by atoms with van der Waals surface area (Å²) in [7, 11) is 0. The average Bonchev–Trinajstić information content (AvgIpc) is 2.07. The van der Waals surface area contributed by atoms with Crippen LogP contribution >= 0.6 is 0 Å². The number of ketones is 1. The monoisotopic (exact) mass is 156 g/mol. The van der Waals surface area contributed by atoms with Crippen LogP contribution in [0.25, 0.3) is 5.53 Å². The lowest BCUT2D eigenvalue weighted by atomic mass is 10.3. The summed E-state index contributed by atoms with van der Waals surface area (Å²) in [6, 6.07) is 0. The third-order valence-electron chi connectivity index (χ3n) is 1.24. The minimum Gasteiger partial charge on any atom is -0.361 e. The van der Waals surface area contributed by atoms with Crippen LogP contribution in [0.3, 0.4) is 0 Å². The van der Waals surface area contributed by atoms with Crippen molar-refractivity contribution in [2.24, 2.45) is 0 Å². The Hall–Kier alpha value is -1.03. The van der Waals surface area contributed by atoms with Gasteiger partial charge in [-0.05, 0) is 6.42 Å². The Labute approximate surface area is 63.5 Å². The molecule has 60 valence electrons. The van der Waals surface area contributed by atoms with E-state index in [9.17, 15) is 4.79 Å². The molecule has 0 radical (unpaired) electrons. The number of hydrogen-bond donors (Lipinski definition) is 0. The number of carbonyl (C=O) groups excluding carboxylic acids is 1. The van der Waals surface area contributed by atoms with Gasteiger partial charge in [0, 0.05) is 0 Å². The van der Waals surface area contributed by atoms with Crippen LogP contribution in [-0.2, 0) is 14.3 Å². The Morgan fingerprint density at radius 3 is 2.73 bits per heavy atom. The van der Waals surface area contributed by atoms with Crippen LogP contribution < -0.4 is 0 Å². The third kappa shape index (κ3) is 2.23. The molecule has 11 heavy (non-hydrogen) atoms. The molecule has 0 aromatic heterocycles. The topological polar surface area (TPSA) is 71.9 Å². The fraction of sp³-hybridized carbons (Fsp3) is 0.667. The summed E-state index contributed by atoms with van der Waals surface area (Å²) in [5.74, 6) is -0.466. The van der Waals surface area contributed by atoms with E-state index in [-0.39, 0.29) is 0 Å². The summed E-state index contributed by atoms with van der Waals surface area (Å²) in [4.78, 5) is 13.4. The normalized spacial score (nSPS) is 18.9. The standard InChI is InChI=1S/C6H8N2O3/c7-8-4-5(9)6-10-2-1-3-11-6/h4,6H,1-3H2. The Morgan fingerprint density at radius 2 is 2.18 bits per heavy atom. The Balaban J connectivity index is 2.44. The van der Waals surface area contributed by atoms with Crippen molar-refractivity contribution >= 4 is 12.0 Å². The first-order chi connectivity index (χ1) is 5.34. The van der Waals surface area contributed by atoms with Gasteiger partial charge >= 0.3 is 6.21 Å². The first-order valence-electron chi connectivity index (χ1n) is 3.29. The molecule has 1 aliphatic rings. The van der Waals surface area contributed by atoms with E-state index in [4.69, 9.17) is 15.0 Å². The van der Waals surface area contributed by atoms with Gasteiger partial charge in [-0.3, -0.25) is 4.79 Å². The van der Waals surface area contributed by atoms with Gasteiger partial charge in [-0.1, -0.05) is 0 Å². The highest BCUT2D eigenvalue weighted by Crippen LogP contribution is 2.03. The van der Waals surface area contributed by atoms with Crippen LogP contribution in [0, 0.1) is 0 Å². The van der Waals surface area contributed by atoms with Gasteiger partial charge in [-0.15, -0.1) is 0 Å². The molecule has 0 aromatic rings. The maximum atomic E-state index is 10.8. The Morgan fingerprint density at radius 1 is 1.55 bits per heavy atom. The lowest BCUT2D eigenvalue weighted by molar-refractivity contribution is -0.184. The second-order valence-corrected chi connectivity index (χ2v) is 2.07. The molecule has 5 heteroatoms. The molecule has 1 rings (SSSR count). The second-order valence-electron chi connectivity index (χ2n) is 2.07. The zero-order valence-corrected chi connectivity index (χ0v) is 5.90. The molecule has 0 amide bonds. The van der Waals surface area contributed by atoms with E-state index in [1.165, 1.54) is 0 Å². The van der Waals surface area contributed by atoms with E-state index in [0.29, 0.717) is 13.2 Å². The highest BCUT2D eigenvalue weighted by molar-refractivity contribution is 6.26. The predicted molar refractivity (Wildman–Crippen MR) is 35.0 cm³/mol. The molecule has 0 bridgehead atoms. The van der Waals surface area contributed by atoms with Gasteiger partial charge in [0.05, 0.1) is 13.2 Å². The highest BCUT2D eigenvalue weighted by atomic mass is 16.7. The highest BCUT2D eigenvalue weighted by Gasteiger charge is 2.23. The minimum absolute atomic E-state index is 0.466. The summed E-state index contributed by atoms with van der Waals surface area (Å²) in [6.07, 6.45) is 0.690. The predicted octanol–water partition coefficient (Wildman–Crippen LogP) is -0.381. The summed E-state index contributed by atoms with van der Waals surface area (Å²) in [5, 5.41) is 0. The van der Waals surface area contributed by atoms with Crippen LogP contribution in [0.4, 0.5) is 0 Å². The van der Waals surface area contributed by atoms with Crippen molar-refractivity contribution in [1.82, 2.24) is 0 Å². The first-order valence-corrected chi connectivity index (χ1v) is 3.29. The van der Waals surface area contributed by atoms with E-state index >= 15 is 0 Å². The minimum atomic E-state index is -0.875. The summed E-state index contributed by atoms with van der Waals surface area (Å²) >= 11 is 0. The molecule has 0 aromatic carbocycles. The van der Waals surface area contributed by atoms with Crippen molar-refractivity contribution < 1.29 is 19.1 Å². The van der Waals surface area contributed by atoms with Gasteiger partial charge in [-0.2, -0.15) is 4.79 Å². The Bertz CT molecular complexity index is 192. The van der Waals surface area contributed by atoms with Crippen molar-refractivity contribution in [2.45, 2.75) is 12.7 Å². The molecule has 0 atom stereocenters. The van der Waals surface area contributed by atoms with Gasteiger partial charge in [0.15, 0.2) is 0 Å². The van der Waals surface area contributed by atoms with Crippen molar-refractivity contribution in [3.05, 3.63) is 5.53 Å². The lowest BCUT2D eigenvalue weighted by Gasteiger charge is -2.18. The van der Waals surface area contributed by atoms with Crippen molar-refractivity contribution in [3.8, 4) is 0 Å². The van der Waals surface area contributed by atoms with Gasteiger partial charge in [-0.25, -0.2) is 0 Å². The number of rotatable bonds is 2. The smallest absolute Gasteiger partial charge is 0.328 e. The lowest BCUT2D eigenvalue weighted by Crippen LogP contribution is -2.33. The zero-order valence-electron chi connectivity index (χ0n) is 5.90. The fourth-order valence-electron chi connectivity index (χ4n) is 0.770. The molecule has 0 saturated carbocycles. The largest absolute Gasteiger partial charge is 0.361 e. The summed E-state index contributed by atoms with van der Waals surface area (Å²) < 4.78 is 9.84. The SMILES string of the molecule is [N-]=[N+]=CC(=O)C1OCCCO1. The number of nitrogens with zero attached hydrogens (tertiary/aromatic N) is 2. The van der Waals surface area contributed by atoms with Crippen molar-refractivity contribution in [1.29, 1.82) is 0 Å². The van der Waals surface area contributed by atoms with E-state index in [0.717, 1.165) is 12.6 Å². The molecule has 0 aliphatic carbocycles. The zero-order chi connectivity index (χ0) is 8.10. The number of carbonyl (C=O) groups is 1. The summed E-state index contributed by atoms with van der Waals surface area (Å²) in [5.41, 5.74) is 8.00. The van der Waals surface area contributed by atoms with Crippen molar-refractivity contribution in [3.63, 3.8) is 0 Å². The second kappa shape index (κ2) is 3.98. The quantitative estimate of drug-likeness (QED) is 0.311. The molecular weight excluding hydrogens is 148 g/mol. The number of Topliss-reactive ketones (excluding diaryl/α,β-unsaturated/α-hetero) is 1. The van der Waals surface area contributed by atoms with Crippen LogP contribution in [0.5, 0.6) is 0 Å². The number of hydrogen-bond acceptors (Lipinski definition) is 3. The van der Waals surface area contributed by atoms with Gasteiger partial charge in [0.25, 0.3) is 5.78 Å². The van der Waals surface area contributed by atoms with E-state index in [1.807, 2.05) is 0 Å². The molecular formula is C6H8N2O3. The number of ether oxygens (including phenoxy) is 2.